The summed E-state index contributed by atoms with van der Waals surface area (Å²) >= 11 is 0. The summed E-state index contributed by atoms with van der Waals surface area (Å²) in [4.78, 5) is 11.6. The Morgan fingerprint density at radius 2 is 2.00 bits per heavy atom. The highest BCUT2D eigenvalue weighted by atomic mass is 32.2. The molecule has 82 valence electrons. The van der Waals surface area contributed by atoms with Gasteiger partial charge in [0.25, 0.3) is 0 Å². The second kappa shape index (κ2) is 4.43. The lowest BCUT2D eigenvalue weighted by Crippen LogP contribution is -2.27. The van der Waals surface area contributed by atoms with Crippen LogP contribution in [-0.2, 0) is 14.6 Å². The second-order valence-corrected chi connectivity index (χ2v) is 6.65. The molecule has 0 aromatic carbocycles. The van der Waals surface area contributed by atoms with Gasteiger partial charge in [0.2, 0.25) is 0 Å². The predicted molar refractivity (Wildman–Crippen MR) is 55.8 cm³/mol. The van der Waals surface area contributed by atoms with Crippen LogP contribution in [0.3, 0.4) is 0 Å². The zero-order chi connectivity index (χ0) is 10.8. The van der Waals surface area contributed by atoms with Gasteiger partial charge in [-0.25, -0.2) is 8.42 Å². The summed E-state index contributed by atoms with van der Waals surface area (Å²) in [7, 11) is -3.14. The summed E-state index contributed by atoms with van der Waals surface area (Å²) in [6.45, 7) is 2.12. The Balaban J connectivity index is 2.52. The molecule has 2 atom stereocenters. The number of hydrogen-bond donors (Lipinski definition) is 0. The normalized spacial score (nSPS) is 28.7. The molecule has 1 aliphatic rings. The van der Waals surface area contributed by atoms with Crippen molar-refractivity contribution in [3.63, 3.8) is 0 Å². The molecule has 0 amide bonds. The maximum atomic E-state index is 11.6. The minimum atomic E-state index is -3.14. The van der Waals surface area contributed by atoms with E-state index in [-0.39, 0.29) is 17.5 Å². The van der Waals surface area contributed by atoms with Crippen LogP contribution in [0.15, 0.2) is 0 Å². The summed E-state index contributed by atoms with van der Waals surface area (Å²) in [6, 6.07) is 0. The fraction of sp³-hybridized carbons (Fsp3) is 0.900. The summed E-state index contributed by atoms with van der Waals surface area (Å²) < 4.78 is 21.9. The molecule has 0 saturated heterocycles. The van der Waals surface area contributed by atoms with Gasteiger partial charge in [0, 0.05) is 12.2 Å². The highest BCUT2D eigenvalue weighted by molar-refractivity contribution is 7.91. The fourth-order valence-corrected chi connectivity index (χ4v) is 2.86. The van der Waals surface area contributed by atoms with Gasteiger partial charge in [-0.1, -0.05) is 19.8 Å². The van der Waals surface area contributed by atoms with Gasteiger partial charge < -0.3 is 0 Å². The van der Waals surface area contributed by atoms with E-state index >= 15 is 0 Å². The van der Waals surface area contributed by atoms with Gasteiger partial charge in [0.05, 0.1) is 0 Å². The van der Waals surface area contributed by atoms with Crippen molar-refractivity contribution in [2.24, 2.45) is 11.8 Å². The van der Waals surface area contributed by atoms with Gasteiger partial charge in [-0.05, 0) is 18.8 Å². The van der Waals surface area contributed by atoms with Crippen molar-refractivity contribution in [2.75, 3.05) is 12.0 Å². The molecule has 0 spiro atoms. The third kappa shape index (κ3) is 3.78. The van der Waals surface area contributed by atoms with Crippen molar-refractivity contribution in [2.45, 2.75) is 32.6 Å². The van der Waals surface area contributed by atoms with Crippen LogP contribution in [0.2, 0.25) is 0 Å². The average Bonchev–Trinajstić information content (AvgIpc) is 2.01. The fourth-order valence-electron chi connectivity index (χ4n) is 2.10. The van der Waals surface area contributed by atoms with Crippen LogP contribution in [0.5, 0.6) is 0 Å². The number of Topliss-reactive ketones (excluding diaryl/α,β-unsaturated/α-hetero) is 1. The third-order valence-corrected chi connectivity index (χ3v) is 3.61. The van der Waals surface area contributed by atoms with E-state index in [1.807, 2.05) is 0 Å². The Hall–Kier alpha value is -0.380. The Labute approximate surface area is 85.8 Å². The molecule has 0 N–H and O–H groups in total. The molecule has 0 aromatic heterocycles. The van der Waals surface area contributed by atoms with Crippen molar-refractivity contribution in [3.8, 4) is 0 Å². The number of ketones is 1. The minimum absolute atomic E-state index is 0.00604. The molecule has 2 unspecified atom stereocenters. The summed E-state index contributed by atoms with van der Waals surface area (Å²) in [5.74, 6) is 0.203. The molecule has 1 rings (SSSR count). The molecular weight excluding hydrogens is 200 g/mol. The van der Waals surface area contributed by atoms with Crippen LogP contribution in [0, 0.1) is 11.8 Å². The first-order chi connectivity index (χ1) is 6.38. The molecule has 0 radical (unpaired) electrons. The van der Waals surface area contributed by atoms with E-state index in [0.29, 0.717) is 5.92 Å². The molecule has 1 fully saturated rings. The highest BCUT2D eigenvalue weighted by Gasteiger charge is 2.26. The van der Waals surface area contributed by atoms with Crippen LogP contribution >= 0.6 is 0 Å². The lowest BCUT2D eigenvalue weighted by molar-refractivity contribution is -0.121. The largest absolute Gasteiger partial charge is 0.298 e. The molecule has 1 saturated carbocycles. The molecule has 0 aliphatic heterocycles. The first-order valence-corrected chi connectivity index (χ1v) is 7.15. The number of carbonyl (C=O) groups excluding carboxylic acids is 1. The van der Waals surface area contributed by atoms with Crippen molar-refractivity contribution in [1.82, 2.24) is 0 Å². The quantitative estimate of drug-likeness (QED) is 0.720. The van der Waals surface area contributed by atoms with Crippen molar-refractivity contribution < 1.29 is 13.2 Å². The predicted octanol–water partition coefficient (Wildman–Crippen LogP) is 1.43. The zero-order valence-electron chi connectivity index (χ0n) is 8.82. The third-order valence-electron chi connectivity index (χ3n) is 2.80. The Morgan fingerprint density at radius 1 is 1.36 bits per heavy atom. The lowest BCUT2D eigenvalue weighted by Gasteiger charge is -2.25. The molecule has 3 nitrogen and oxygen atoms in total. The van der Waals surface area contributed by atoms with E-state index in [9.17, 15) is 13.2 Å². The van der Waals surface area contributed by atoms with Gasteiger partial charge in [-0.2, -0.15) is 0 Å². The Morgan fingerprint density at radius 3 is 2.50 bits per heavy atom. The smallest absolute Gasteiger partial charge is 0.154 e. The number of rotatable bonds is 3. The maximum Gasteiger partial charge on any atom is 0.154 e. The van der Waals surface area contributed by atoms with E-state index in [1.54, 1.807) is 0 Å². The Bertz CT molecular complexity index is 305. The second-order valence-electron chi connectivity index (χ2n) is 4.51. The monoisotopic (exact) mass is 218 g/mol. The molecule has 1 aliphatic carbocycles. The van der Waals surface area contributed by atoms with E-state index in [1.165, 1.54) is 6.42 Å². The number of sulfone groups is 1. The molecular formula is C10H18O3S. The van der Waals surface area contributed by atoms with E-state index in [0.717, 1.165) is 25.5 Å². The van der Waals surface area contributed by atoms with E-state index in [2.05, 4.69) is 6.92 Å². The van der Waals surface area contributed by atoms with Crippen molar-refractivity contribution in [3.05, 3.63) is 0 Å². The van der Waals surface area contributed by atoms with Crippen LogP contribution < -0.4 is 0 Å². The maximum absolute atomic E-state index is 11.6. The summed E-state index contributed by atoms with van der Waals surface area (Å²) in [5, 5.41) is 0. The Kier molecular flexibility index (Phi) is 3.70. The minimum Gasteiger partial charge on any atom is -0.298 e. The standard InChI is InChI=1S/C10H18O3S/c1-8-4-3-5-9(6-8)10(11)7-14(2,12)13/h8-9H,3-7H2,1-2H3. The van der Waals surface area contributed by atoms with Gasteiger partial charge in [0.1, 0.15) is 5.75 Å². The SMILES string of the molecule is CC1CCCC(C(=O)CS(C)(=O)=O)C1. The van der Waals surface area contributed by atoms with Gasteiger partial charge >= 0.3 is 0 Å². The number of carbonyl (C=O) groups is 1. The van der Waals surface area contributed by atoms with Gasteiger partial charge in [-0.3, -0.25) is 4.79 Å². The van der Waals surface area contributed by atoms with Crippen LogP contribution in [0.4, 0.5) is 0 Å². The molecule has 0 bridgehead atoms. The summed E-state index contributed by atoms with van der Waals surface area (Å²) in [5.41, 5.74) is 0. The number of hydrogen-bond acceptors (Lipinski definition) is 3. The van der Waals surface area contributed by atoms with E-state index < -0.39 is 9.84 Å². The average molecular weight is 218 g/mol. The van der Waals surface area contributed by atoms with Crippen molar-refractivity contribution in [1.29, 1.82) is 0 Å². The van der Waals surface area contributed by atoms with Crippen LogP contribution in [0.25, 0.3) is 0 Å². The van der Waals surface area contributed by atoms with Gasteiger partial charge in [-0.15, -0.1) is 0 Å². The first kappa shape index (κ1) is 11.7. The zero-order valence-corrected chi connectivity index (χ0v) is 9.64. The van der Waals surface area contributed by atoms with Gasteiger partial charge in [0.15, 0.2) is 15.6 Å². The van der Waals surface area contributed by atoms with E-state index in [4.69, 9.17) is 0 Å². The molecule has 14 heavy (non-hydrogen) atoms. The van der Waals surface area contributed by atoms with Crippen molar-refractivity contribution >= 4 is 15.6 Å². The summed E-state index contributed by atoms with van der Waals surface area (Å²) in [6.07, 6.45) is 5.09. The van der Waals surface area contributed by atoms with Crippen LogP contribution in [-0.4, -0.2) is 26.2 Å². The first-order valence-electron chi connectivity index (χ1n) is 5.09. The molecule has 4 heteroatoms. The molecule has 0 aromatic rings. The lowest BCUT2D eigenvalue weighted by atomic mass is 9.81. The van der Waals surface area contributed by atoms with Crippen LogP contribution in [0.1, 0.15) is 32.6 Å². The topological polar surface area (TPSA) is 51.2 Å². The highest BCUT2D eigenvalue weighted by Crippen LogP contribution is 2.29. The molecule has 0 heterocycles.